The number of nitrogens with zero attached hydrogens (tertiary/aromatic N) is 3. The van der Waals surface area contributed by atoms with Crippen LogP contribution >= 0.6 is 11.8 Å². The molecule has 2 aromatic heterocycles. The van der Waals surface area contributed by atoms with Crippen LogP contribution in [-0.4, -0.2) is 65.5 Å². The summed E-state index contributed by atoms with van der Waals surface area (Å²) in [4.78, 5) is 23.3. The van der Waals surface area contributed by atoms with Crippen molar-refractivity contribution in [2.24, 2.45) is 11.8 Å². The molecule has 1 saturated heterocycles. The molecular weight excluding hydrogens is 460 g/mol. The molecule has 1 aliphatic heterocycles. The van der Waals surface area contributed by atoms with Gasteiger partial charge in [-0.2, -0.15) is 0 Å². The topological polar surface area (TPSA) is 87.6 Å². The van der Waals surface area contributed by atoms with Crippen molar-refractivity contribution < 1.29 is 14.6 Å². The Morgan fingerprint density at radius 2 is 2.14 bits per heavy atom. The molecule has 3 heterocycles. The second kappa shape index (κ2) is 12.3. The molecule has 0 spiro atoms. The van der Waals surface area contributed by atoms with Gasteiger partial charge >= 0.3 is 5.97 Å². The average molecular weight is 495 g/mol. The first-order chi connectivity index (χ1) is 17.1. The van der Waals surface area contributed by atoms with E-state index < -0.39 is 5.97 Å². The van der Waals surface area contributed by atoms with Gasteiger partial charge < -0.3 is 20.1 Å². The van der Waals surface area contributed by atoms with Crippen molar-refractivity contribution in [3.8, 4) is 5.75 Å². The number of pyridine rings is 2. The smallest absolute Gasteiger partial charge is 0.308 e. The second-order valence-electron chi connectivity index (χ2n) is 9.01. The average Bonchev–Trinajstić information content (AvgIpc) is 2.89. The van der Waals surface area contributed by atoms with Crippen molar-refractivity contribution in [3.63, 3.8) is 0 Å². The van der Waals surface area contributed by atoms with Crippen LogP contribution in [0.4, 0.5) is 0 Å². The predicted octanol–water partition coefficient (Wildman–Crippen LogP) is 4.49. The van der Waals surface area contributed by atoms with Gasteiger partial charge in [0.05, 0.1) is 23.6 Å². The Kier molecular flexibility index (Phi) is 8.95. The van der Waals surface area contributed by atoms with Gasteiger partial charge in [-0.25, -0.2) is 4.98 Å². The van der Waals surface area contributed by atoms with E-state index in [0.29, 0.717) is 6.54 Å². The quantitative estimate of drug-likeness (QED) is 0.377. The monoisotopic (exact) mass is 494 g/mol. The summed E-state index contributed by atoms with van der Waals surface area (Å²) in [6.45, 7) is 2.43. The van der Waals surface area contributed by atoms with Crippen molar-refractivity contribution in [2.75, 3.05) is 39.5 Å². The Morgan fingerprint density at radius 3 is 2.89 bits per heavy atom. The van der Waals surface area contributed by atoms with Crippen LogP contribution in [0.5, 0.6) is 5.75 Å². The molecule has 0 saturated carbocycles. The number of nitrogens with one attached hydrogen (secondary N) is 1. The molecule has 35 heavy (non-hydrogen) atoms. The number of likely N-dealkylation sites (tertiary alicyclic amines) is 1. The van der Waals surface area contributed by atoms with E-state index in [0.717, 1.165) is 59.8 Å². The number of methoxy groups -OCH3 is 1. The van der Waals surface area contributed by atoms with E-state index >= 15 is 0 Å². The molecule has 0 bridgehead atoms. The summed E-state index contributed by atoms with van der Waals surface area (Å²) in [5, 5.41) is 15.5. The Morgan fingerprint density at radius 1 is 1.26 bits per heavy atom. The number of benzene rings is 1. The van der Waals surface area contributed by atoms with E-state index in [1.165, 1.54) is 5.56 Å². The number of carboxylic acids is 1. The van der Waals surface area contributed by atoms with E-state index in [4.69, 9.17) is 4.74 Å². The van der Waals surface area contributed by atoms with Crippen molar-refractivity contribution >= 4 is 28.6 Å². The zero-order valence-electron chi connectivity index (χ0n) is 20.4. The van der Waals surface area contributed by atoms with Gasteiger partial charge in [0.15, 0.2) is 0 Å². The summed E-state index contributed by atoms with van der Waals surface area (Å²) >= 11 is 1.72. The number of aliphatic carboxylic acids is 1. The maximum Gasteiger partial charge on any atom is 0.308 e. The largest absolute Gasteiger partial charge is 0.497 e. The fourth-order valence-electron chi connectivity index (χ4n) is 5.02. The zero-order chi connectivity index (χ0) is 24.6. The van der Waals surface area contributed by atoms with Gasteiger partial charge in [-0.3, -0.25) is 9.78 Å². The van der Waals surface area contributed by atoms with Crippen molar-refractivity contribution in [1.82, 2.24) is 20.2 Å². The van der Waals surface area contributed by atoms with Gasteiger partial charge in [0.2, 0.25) is 0 Å². The van der Waals surface area contributed by atoms with Crippen molar-refractivity contribution in [2.45, 2.75) is 30.3 Å². The normalized spacial score (nSPS) is 19.5. The second-order valence-corrected chi connectivity index (χ2v) is 10.1. The molecule has 1 aromatic carbocycles. The van der Waals surface area contributed by atoms with E-state index in [9.17, 15) is 9.90 Å². The molecule has 3 aromatic rings. The number of hydrogen-bond donors (Lipinski definition) is 2. The van der Waals surface area contributed by atoms with Crippen LogP contribution in [0.1, 0.15) is 30.9 Å². The van der Waals surface area contributed by atoms with Gasteiger partial charge in [-0.05, 0) is 80.7 Å². The Hall–Kier alpha value is -2.68. The number of aromatic nitrogens is 2. The maximum atomic E-state index is 12.2. The van der Waals surface area contributed by atoms with Crippen molar-refractivity contribution in [3.05, 3.63) is 60.4 Å². The number of hydrogen-bond acceptors (Lipinski definition) is 7. The molecule has 1 aliphatic rings. The fourth-order valence-corrected chi connectivity index (χ4v) is 5.89. The molecule has 186 valence electrons. The molecule has 0 aliphatic carbocycles. The lowest BCUT2D eigenvalue weighted by Crippen LogP contribution is -2.44. The summed E-state index contributed by atoms with van der Waals surface area (Å²) in [5.41, 5.74) is 2.11. The highest BCUT2D eigenvalue weighted by atomic mass is 32.2. The van der Waals surface area contributed by atoms with E-state index in [1.54, 1.807) is 25.1 Å². The fraction of sp³-hybridized carbons (Fsp3) is 0.444. The molecule has 7 nitrogen and oxygen atoms in total. The van der Waals surface area contributed by atoms with Crippen LogP contribution < -0.4 is 10.1 Å². The Bertz CT molecular complexity index is 1110. The molecule has 8 heteroatoms. The van der Waals surface area contributed by atoms with Crippen LogP contribution in [0.15, 0.2) is 59.9 Å². The number of thioether (sulfide) groups is 1. The highest BCUT2D eigenvalue weighted by Crippen LogP contribution is 2.34. The summed E-state index contributed by atoms with van der Waals surface area (Å²) < 4.78 is 5.43. The third-order valence-corrected chi connectivity index (χ3v) is 7.91. The highest BCUT2D eigenvalue weighted by Gasteiger charge is 2.34. The third-order valence-electron chi connectivity index (χ3n) is 6.98. The summed E-state index contributed by atoms with van der Waals surface area (Å²) in [6.07, 6.45) is 6.30. The number of carboxylic acid groups (broad SMARTS) is 1. The Labute approximate surface area is 211 Å². The van der Waals surface area contributed by atoms with E-state index in [1.807, 2.05) is 49.6 Å². The molecule has 0 radical (unpaired) electrons. The minimum atomic E-state index is -0.683. The first-order valence-corrected chi connectivity index (χ1v) is 13.2. The number of piperidine rings is 1. The first-order valence-electron chi connectivity index (χ1n) is 12.2. The minimum absolute atomic E-state index is 0.120. The lowest BCUT2D eigenvalue weighted by molar-refractivity contribution is -0.146. The molecule has 0 amide bonds. The molecule has 4 rings (SSSR count). The number of fused-ring (bicyclic) bond motifs is 1. The molecular formula is C27H34N4O3S. The van der Waals surface area contributed by atoms with Crippen molar-refractivity contribution in [1.29, 1.82) is 0 Å². The number of rotatable bonds is 11. The SMILES string of the molecule is CNC(CC[C@@H]1CCN(CCSc2ccccn2)C[C@@H]1C(=O)O)c1ccnc2ccc(OC)cc12. The molecule has 3 atom stereocenters. The molecule has 1 fully saturated rings. The standard InChI is InChI=1S/C27H34N4O3S/c1-28-24(21-10-13-29-25-9-7-20(34-2)17-22(21)25)8-6-19-11-14-31(18-23(19)27(32)33)15-16-35-26-5-3-4-12-30-26/h3-5,7,9-10,12-13,17,19,23-24,28H,6,8,11,14-16,18H2,1-2H3,(H,32,33)/t19-,23+,24?/m1/s1. The first kappa shape index (κ1) is 25.4. The molecule has 2 N–H and O–H groups in total. The van der Waals surface area contributed by atoms with E-state index in [2.05, 4.69) is 26.3 Å². The highest BCUT2D eigenvalue weighted by molar-refractivity contribution is 7.99. The number of ether oxygens (including phenoxy) is 1. The summed E-state index contributed by atoms with van der Waals surface area (Å²) in [6, 6.07) is 14.0. The van der Waals surface area contributed by atoms with Crippen LogP contribution in [-0.2, 0) is 4.79 Å². The van der Waals surface area contributed by atoms with Gasteiger partial charge in [0.25, 0.3) is 0 Å². The summed E-state index contributed by atoms with van der Waals surface area (Å²) in [5.74, 6) is 0.869. The predicted molar refractivity (Wildman–Crippen MR) is 140 cm³/mol. The van der Waals surface area contributed by atoms with Crippen LogP contribution in [0.2, 0.25) is 0 Å². The lowest BCUT2D eigenvalue weighted by atomic mass is 9.81. The third kappa shape index (κ3) is 6.51. The maximum absolute atomic E-state index is 12.2. The van der Waals surface area contributed by atoms with E-state index in [-0.39, 0.29) is 17.9 Å². The number of carbonyl (C=O) groups is 1. The minimum Gasteiger partial charge on any atom is -0.497 e. The molecule has 1 unspecified atom stereocenters. The van der Waals surface area contributed by atoms with Gasteiger partial charge in [-0.15, -0.1) is 11.8 Å². The van der Waals surface area contributed by atoms with Crippen LogP contribution in [0, 0.1) is 11.8 Å². The lowest BCUT2D eigenvalue weighted by Gasteiger charge is -2.37. The van der Waals surface area contributed by atoms with Crippen LogP contribution in [0.3, 0.4) is 0 Å². The van der Waals surface area contributed by atoms with Gasteiger partial charge in [0, 0.05) is 42.7 Å². The van der Waals surface area contributed by atoms with Gasteiger partial charge in [0.1, 0.15) is 5.75 Å². The zero-order valence-corrected chi connectivity index (χ0v) is 21.2. The summed E-state index contributed by atoms with van der Waals surface area (Å²) in [7, 11) is 3.63. The van der Waals surface area contributed by atoms with Crippen LogP contribution in [0.25, 0.3) is 10.9 Å². The van der Waals surface area contributed by atoms with Gasteiger partial charge in [-0.1, -0.05) is 6.07 Å². The Balaban J connectivity index is 1.37.